The second-order valence-corrected chi connectivity index (χ2v) is 13.2. The van der Waals surface area contributed by atoms with Gasteiger partial charge in [-0.2, -0.15) is 0 Å². The van der Waals surface area contributed by atoms with E-state index in [1.807, 2.05) is 57.3 Å². The average Bonchev–Trinajstić information content (AvgIpc) is 3.72. The van der Waals surface area contributed by atoms with E-state index in [9.17, 15) is 19.2 Å². The number of nitrogens with zero attached hydrogens (tertiary/aromatic N) is 3. The van der Waals surface area contributed by atoms with Crippen molar-refractivity contribution >= 4 is 40.1 Å². The molecule has 45 heavy (non-hydrogen) atoms. The SMILES string of the molecule is CCC(C)[C@H](NC(=O)[C@@H]1C=C2c3cccc4[nH]cc(c34)C[C@H]2N(C)C1)C(=O)N1C(=O)[C@H]2CCCN2C(=O)[C@@H]1Cc1ccccc1. The van der Waals surface area contributed by atoms with Crippen LogP contribution in [0.15, 0.2) is 60.8 Å². The van der Waals surface area contributed by atoms with E-state index in [1.165, 1.54) is 15.8 Å². The Morgan fingerprint density at radius 2 is 1.84 bits per heavy atom. The van der Waals surface area contributed by atoms with Gasteiger partial charge in [0.15, 0.2) is 0 Å². The van der Waals surface area contributed by atoms with E-state index < -0.39 is 30.0 Å². The Morgan fingerprint density at radius 1 is 1.04 bits per heavy atom. The number of carbonyl (C=O) groups is 4. The fourth-order valence-electron chi connectivity index (χ4n) is 7.89. The maximum Gasteiger partial charge on any atom is 0.252 e. The van der Waals surface area contributed by atoms with Crippen molar-refractivity contribution < 1.29 is 19.2 Å². The molecule has 2 fully saturated rings. The molecule has 2 N–H and O–H groups in total. The summed E-state index contributed by atoms with van der Waals surface area (Å²) in [6, 6.07) is 13.4. The van der Waals surface area contributed by atoms with Crippen molar-refractivity contribution in [3.63, 3.8) is 0 Å². The van der Waals surface area contributed by atoms with Crippen molar-refractivity contribution in [2.75, 3.05) is 20.1 Å². The molecule has 2 saturated heterocycles. The lowest BCUT2D eigenvalue weighted by Crippen LogP contribution is -2.68. The smallest absolute Gasteiger partial charge is 0.252 e. The van der Waals surface area contributed by atoms with Gasteiger partial charge < -0.3 is 15.2 Å². The number of amides is 4. The van der Waals surface area contributed by atoms with Gasteiger partial charge in [-0.3, -0.25) is 29.0 Å². The molecule has 4 amide bonds. The number of aromatic nitrogens is 1. The van der Waals surface area contributed by atoms with Crippen molar-refractivity contribution in [2.45, 2.75) is 70.1 Å². The number of rotatable bonds is 7. The minimum absolute atomic E-state index is 0.167. The molecule has 1 aromatic heterocycles. The molecule has 4 aliphatic rings. The molecule has 9 heteroatoms. The van der Waals surface area contributed by atoms with Crippen LogP contribution < -0.4 is 5.32 Å². The molecule has 1 unspecified atom stereocenters. The predicted octanol–water partition coefficient (Wildman–Crippen LogP) is 3.54. The van der Waals surface area contributed by atoms with Gasteiger partial charge in [0.25, 0.3) is 11.8 Å². The van der Waals surface area contributed by atoms with Crippen LogP contribution >= 0.6 is 0 Å². The summed E-state index contributed by atoms with van der Waals surface area (Å²) >= 11 is 0. The second-order valence-electron chi connectivity index (χ2n) is 13.2. The van der Waals surface area contributed by atoms with Gasteiger partial charge in [-0.25, -0.2) is 0 Å². The fraction of sp³-hybridized carbons (Fsp3) is 0.444. The van der Waals surface area contributed by atoms with E-state index in [2.05, 4.69) is 39.6 Å². The minimum Gasteiger partial charge on any atom is -0.361 e. The molecule has 1 aliphatic carbocycles. The molecule has 2 aromatic carbocycles. The number of aromatic amines is 1. The lowest BCUT2D eigenvalue weighted by molar-refractivity contribution is -0.167. The average molecular weight is 608 g/mol. The maximum atomic E-state index is 14.5. The highest BCUT2D eigenvalue weighted by Gasteiger charge is 2.52. The van der Waals surface area contributed by atoms with E-state index in [1.54, 1.807) is 4.90 Å². The number of benzene rings is 2. The summed E-state index contributed by atoms with van der Waals surface area (Å²) in [4.78, 5) is 64.7. The lowest BCUT2D eigenvalue weighted by atomic mass is 9.79. The van der Waals surface area contributed by atoms with Crippen LogP contribution in [0.4, 0.5) is 0 Å². The normalized spacial score (nSPS) is 25.9. The van der Waals surface area contributed by atoms with Crippen LogP contribution in [-0.4, -0.2) is 87.6 Å². The number of piperazine rings is 1. The maximum absolute atomic E-state index is 14.5. The standard InChI is InChI=1S/C36H41N5O4/c1-4-21(2)32(36(45)41-30(16-22-10-6-5-7-11-22)34(43)40-15-9-14-28(40)35(41)44)38-33(42)24-17-26-25-12-8-13-27-31(25)23(19-37-27)18-29(26)39(3)20-24/h5-8,10-13,17,19,21,24,28-30,32,37H,4,9,14-16,18,20H2,1-3H3,(H,38,42)/t21?,24-,28-,29-,30+,32+/m1/s1. The van der Waals surface area contributed by atoms with Crippen LogP contribution in [-0.2, 0) is 32.0 Å². The van der Waals surface area contributed by atoms with Gasteiger partial charge in [0.1, 0.15) is 18.1 Å². The predicted molar refractivity (Wildman–Crippen MR) is 172 cm³/mol. The summed E-state index contributed by atoms with van der Waals surface area (Å²) in [5.41, 5.74) is 5.52. The van der Waals surface area contributed by atoms with Crippen LogP contribution in [0.1, 0.15) is 49.8 Å². The van der Waals surface area contributed by atoms with Crippen LogP contribution in [0.3, 0.4) is 0 Å². The molecule has 0 saturated carbocycles. The van der Waals surface area contributed by atoms with Gasteiger partial charge in [0.2, 0.25) is 11.8 Å². The Balaban J connectivity index is 1.19. The van der Waals surface area contributed by atoms with E-state index in [0.29, 0.717) is 25.9 Å². The van der Waals surface area contributed by atoms with Crippen LogP contribution in [0.25, 0.3) is 16.5 Å². The Labute approximate surface area is 263 Å². The first-order valence-corrected chi connectivity index (χ1v) is 16.3. The van der Waals surface area contributed by atoms with Gasteiger partial charge in [-0.1, -0.05) is 68.8 Å². The summed E-state index contributed by atoms with van der Waals surface area (Å²) in [6.45, 7) is 4.94. The fourth-order valence-corrected chi connectivity index (χ4v) is 7.89. The quantitative estimate of drug-likeness (QED) is 0.428. The van der Waals surface area contributed by atoms with Gasteiger partial charge in [0.05, 0.1) is 5.92 Å². The van der Waals surface area contributed by atoms with E-state index >= 15 is 0 Å². The zero-order chi connectivity index (χ0) is 31.4. The second kappa shape index (κ2) is 11.6. The van der Waals surface area contributed by atoms with E-state index in [-0.39, 0.29) is 36.1 Å². The summed E-state index contributed by atoms with van der Waals surface area (Å²) in [6.07, 6.45) is 7.18. The molecule has 6 atom stereocenters. The summed E-state index contributed by atoms with van der Waals surface area (Å²) in [5.74, 6) is -1.96. The van der Waals surface area contributed by atoms with Crippen molar-refractivity contribution in [1.82, 2.24) is 25.0 Å². The molecule has 0 spiro atoms. The lowest BCUT2D eigenvalue weighted by Gasteiger charge is -2.43. The number of imide groups is 1. The Hall–Kier alpha value is -4.24. The van der Waals surface area contributed by atoms with Crippen LogP contribution in [0, 0.1) is 11.8 Å². The van der Waals surface area contributed by atoms with E-state index in [0.717, 1.165) is 35.1 Å². The first-order chi connectivity index (χ1) is 21.8. The van der Waals surface area contributed by atoms with Crippen LogP contribution in [0.5, 0.6) is 0 Å². The molecular formula is C36H41N5O4. The molecule has 234 valence electrons. The first kappa shape index (κ1) is 29.5. The van der Waals surface area contributed by atoms with Crippen LogP contribution in [0.2, 0.25) is 0 Å². The number of hydrogen-bond acceptors (Lipinski definition) is 5. The molecule has 0 radical (unpaired) electrons. The highest BCUT2D eigenvalue weighted by Crippen LogP contribution is 2.41. The van der Waals surface area contributed by atoms with E-state index in [4.69, 9.17) is 0 Å². The summed E-state index contributed by atoms with van der Waals surface area (Å²) in [7, 11) is 2.05. The molecule has 4 heterocycles. The van der Waals surface area contributed by atoms with Crippen molar-refractivity contribution in [2.24, 2.45) is 11.8 Å². The molecule has 7 rings (SSSR count). The Morgan fingerprint density at radius 3 is 2.62 bits per heavy atom. The monoisotopic (exact) mass is 607 g/mol. The van der Waals surface area contributed by atoms with Crippen molar-refractivity contribution in [1.29, 1.82) is 0 Å². The zero-order valence-corrected chi connectivity index (χ0v) is 26.2. The van der Waals surface area contributed by atoms with Gasteiger partial charge >= 0.3 is 0 Å². The van der Waals surface area contributed by atoms with Gasteiger partial charge in [-0.15, -0.1) is 0 Å². The third-order valence-electron chi connectivity index (χ3n) is 10.5. The highest BCUT2D eigenvalue weighted by molar-refractivity contribution is 6.09. The minimum atomic E-state index is -0.938. The largest absolute Gasteiger partial charge is 0.361 e. The molecule has 3 aliphatic heterocycles. The highest BCUT2D eigenvalue weighted by atomic mass is 16.2. The topological polar surface area (TPSA) is 106 Å². The number of hydrogen-bond donors (Lipinski definition) is 2. The number of likely N-dealkylation sites (N-methyl/N-ethyl adjacent to an activating group) is 1. The summed E-state index contributed by atoms with van der Waals surface area (Å²) < 4.78 is 0. The zero-order valence-electron chi connectivity index (χ0n) is 26.2. The van der Waals surface area contributed by atoms with Crippen molar-refractivity contribution in [3.05, 3.63) is 77.5 Å². The van der Waals surface area contributed by atoms with Crippen molar-refractivity contribution in [3.8, 4) is 0 Å². The number of nitrogens with one attached hydrogen (secondary N) is 2. The first-order valence-electron chi connectivity index (χ1n) is 16.3. The number of H-pyrrole nitrogens is 1. The van der Waals surface area contributed by atoms with Gasteiger partial charge in [0, 0.05) is 42.7 Å². The number of carbonyl (C=O) groups excluding carboxylic acids is 4. The molecule has 3 aromatic rings. The third kappa shape index (κ3) is 4.97. The molecule has 9 nitrogen and oxygen atoms in total. The molecular weight excluding hydrogens is 566 g/mol. The summed E-state index contributed by atoms with van der Waals surface area (Å²) in [5, 5.41) is 4.29. The Kier molecular flexibility index (Phi) is 7.60. The Bertz CT molecular complexity index is 1700. The third-order valence-corrected chi connectivity index (χ3v) is 10.5. The number of fused-ring (bicyclic) bond motifs is 3. The van der Waals surface area contributed by atoms with Gasteiger partial charge in [-0.05, 0) is 60.6 Å². The molecule has 0 bridgehead atoms.